The van der Waals surface area contributed by atoms with E-state index in [0.29, 0.717) is 12.8 Å². The van der Waals surface area contributed by atoms with Crippen molar-refractivity contribution in [3.63, 3.8) is 0 Å². The first-order valence-corrected chi connectivity index (χ1v) is 25.7. The third-order valence-electron chi connectivity index (χ3n) is 10.3. The van der Waals surface area contributed by atoms with Crippen LogP contribution in [0.25, 0.3) is 0 Å². The predicted octanol–water partition coefficient (Wildman–Crippen LogP) is 13.0. The molecule has 0 fully saturated rings. The van der Waals surface area contributed by atoms with Gasteiger partial charge in [-0.1, -0.05) is 172 Å². The highest BCUT2D eigenvalue weighted by Gasteiger charge is 2.28. The van der Waals surface area contributed by atoms with Gasteiger partial charge in [-0.25, -0.2) is 9.36 Å². The van der Waals surface area contributed by atoms with Gasteiger partial charge in [0.1, 0.15) is 12.7 Å². The van der Waals surface area contributed by atoms with Crippen molar-refractivity contribution in [2.45, 2.75) is 225 Å². The van der Waals surface area contributed by atoms with Gasteiger partial charge in [0.2, 0.25) is 5.91 Å². The van der Waals surface area contributed by atoms with Crippen LogP contribution in [-0.4, -0.2) is 64.9 Å². The Kier molecular flexibility index (Phi) is 42.2. The molecule has 1 amide bonds. The summed E-state index contributed by atoms with van der Waals surface area (Å²) >= 11 is 0. The van der Waals surface area contributed by atoms with E-state index in [0.717, 1.165) is 70.6 Å². The largest absolute Gasteiger partial charge is 0.480 e. The van der Waals surface area contributed by atoms with Crippen molar-refractivity contribution in [2.24, 2.45) is 0 Å². The zero-order chi connectivity index (χ0) is 44.9. The summed E-state index contributed by atoms with van der Waals surface area (Å²) < 4.78 is 26.9. The Bertz CT molecular complexity index is 1220. The molecule has 0 aromatic heterocycles. The molecule has 4 N–H and O–H groups in total. The number of allylic oxidation sites excluding steroid dienone is 8. The second kappa shape index (κ2) is 44.1. The molecule has 0 aliphatic heterocycles. The number of aliphatic hydroxyl groups is 1. The van der Waals surface area contributed by atoms with E-state index in [-0.39, 0.29) is 12.8 Å². The Morgan fingerprint density at radius 3 is 1.36 bits per heavy atom. The maximum absolute atomic E-state index is 12.3. The lowest BCUT2D eigenvalue weighted by molar-refractivity contribution is -0.147. The van der Waals surface area contributed by atoms with Crippen LogP contribution in [-0.2, 0) is 32.7 Å². The summed E-state index contributed by atoms with van der Waals surface area (Å²) in [6.07, 6.45) is 49.8. The number of hydrogen-bond donors (Lipinski definition) is 4. The quantitative estimate of drug-likeness (QED) is 0.0200. The lowest BCUT2D eigenvalue weighted by Crippen LogP contribution is -2.43. The molecule has 3 unspecified atom stereocenters. The Balaban J connectivity index is 3.86. The maximum Gasteiger partial charge on any atom is 0.472 e. The summed E-state index contributed by atoms with van der Waals surface area (Å²) in [5.41, 5.74) is 0. The number of carbonyl (C=O) groups excluding carboxylic acids is 2. The summed E-state index contributed by atoms with van der Waals surface area (Å²) in [7, 11) is -4.76. The van der Waals surface area contributed by atoms with Crippen LogP contribution in [0.3, 0.4) is 0 Å². The number of carbonyl (C=O) groups is 3. The molecule has 0 aromatic carbocycles. The van der Waals surface area contributed by atoms with Crippen LogP contribution in [0.1, 0.15) is 213 Å². The fraction of sp³-hybridized carbons (Fsp3) is 0.776. The number of phosphoric acid groups is 1. The molecule has 0 radical (unpaired) electrons. The Morgan fingerprint density at radius 2 is 0.902 bits per heavy atom. The number of aliphatic carboxylic acids is 1. The second-order valence-corrected chi connectivity index (χ2v) is 17.7. The Morgan fingerprint density at radius 1 is 0.525 bits per heavy atom. The first-order chi connectivity index (χ1) is 29.6. The van der Waals surface area contributed by atoms with Crippen LogP contribution >= 0.6 is 7.82 Å². The van der Waals surface area contributed by atoms with Crippen molar-refractivity contribution in [1.29, 1.82) is 0 Å². The first-order valence-electron chi connectivity index (χ1n) is 24.2. The molecule has 0 heterocycles. The van der Waals surface area contributed by atoms with E-state index in [1.807, 2.05) is 0 Å². The number of amides is 1. The molecular formula is C49H88NO10P. The number of nitrogens with one attached hydrogen (secondary N) is 1. The highest BCUT2D eigenvalue weighted by molar-refractivity contribution is 7.47. The maximum atomic E-state index is 12.3. The van der Waals surface area contributed by atoms with Crippen LogP contribution in [0.2, 0.25) is 0 Å². The van der Waals surface area contributed by atoms with Crippen LogP contribution in [0.4, 0.5) is 0 Å². The number of hydrogen-bond acceptors (Lipinski definition) is 8. The molecule has 354 valence electrons. The average Bonchev–Trinajstić information content (AvgIpc) is 3.24. The molecular weight excluding hydrogens is 794 g/mol. The minimum atomic E-state index is -4.76. The van der Waals surface area contributed by atoms with Gasteiger partial charge in [0.15, 0.2) is 6.04 Å². The van der Waals surface area contributed by atoms with Crippen LogP contribution in [0.15, 0.2) is 48.6 Å². The minimum Gasteiger partial charge on any atom is -0.480 e. The van der Waals surface area contributed by atoms with Gasteiger partial charge in [0.25, 0.3) is 0 Å². The molecule has 11 nitrogen and oxygen atoms in total. The molecule has 0 saturated carbocycles. The van der Waals surface area contributed by atoms with Gasteiger partial charge in [-0.05, 0) is 77.0 Å². The summed E-state index contributed by atoms with van der Waals surface area (Å²) in [6.45, 7) is 2.55. The van der Waals surface area contributed by atoms with Gasteiger partial charge in [-0.3, -0.25) is 18.6 Å². The predicted molar refractivity (Wildman–Crippen MR) is 249 cm³/mol. The van der Waals surface area contributed by atoms with Crippen molar-refractivity contribution >= 4 is 25.7 Å². The number of ether oxygens (including phenoxy) is 1. The van der Waals surface area contributed by atoms with Crippen molar-refractivity contribution in [3.05, 3.63) is 48.6 Å². The van der Waals surface area contributed by atoms with E-state index in [9.17, 15) is 34.1 Å². The van der Waals surface area contributed by atoms with Gasteiger partial charge < -0.3 is 25.2 Å². The highest BCUT2D eigenvalue weighted by Crippen LogP contribution is 2.43. The molecule has 12 heteroatoms. The monoisotopic (exact) mass is 882 g/mol. The van der Waals surface area contributed by atoms with Crippen LogP contribution in [0.5, 0.6) is 0 Å². The average molecular weight is 882 g/mol. The lowest BCUT2D eigenvalue weighted by atomic mass is 10.0. The molecule has 0 aliphatic rings. The van der Waals surface area contributed by atoms with Crippen molar-refractivity contribution < 1.29 is 47.8 Å². The number of unbranched alkanes of at least 4 members (excludes halogenated alkanes) is 23. The summed E-state index contributed by atoms with van der Waals surface area (Å²) in [6, 6.07) is -1.55. The summed E-state index contributed by atoms with van der Waals surface area (Å²) in [4.78, 5) is 46.0. The fourth-order valence-corrected chi connectivity index (χ4v) is 7.32. The Hall–Kier alpha value is -2.56. The molecule has 0 rings (SSSR count). The number of carboxylic acid groups (broad SMARTS) is 1. The molecule has 0 spiro atoms. The third kappa shape index (κ3) is 43.9. The van der Waals surface area contributed by atoms with Gasteiger partial charge in [-0.15, -0.1) is 0 Å². The van der Waals surface area contributed by atoms with Gasteiger partial charge in [-0.2, -0.15) is 0 Å². The van der Waals surface area contributed by atoms with E-state index < -0.39 is 57.6 Å². The summed E-state index contributed by atoms with van der Waals surface area (Å²) in [5, 5.41) is 21.9. The summed E-state index contributed by atoms with van der Waals surface area (Å²) in [5.74, 6) is -2.39. The minimum absolute atomic E-state index is 0.129. The smallest absolute Gasteiger partial charge is 0.472 e. The van der Waals surface area contributed by atoms with Crippen molar-refractivity contribution in [2.75, 3.05) is 19.8 Å². The number of carboxylic acids is 1. The zero-order valence-corrected chi connectivity index (χ0v) is 39.4. The number of phosphoric ester groups is 1. The van der Waals surface area contributed by atoms with Crippen LogP contribution < -0.4 is 5.32 Å². The Labute approximate surface area is 371 Å². The SMILES string of the molecule is CCCCC/C=C\C/C=C\CCCCCCCCCCCCCC(=O)OCC(O)COP(=O)(O)OCC(NC(=O)CCCCCCC/C=C\C/C=C\CCCCCC)C(=O)O. The van der Waals surface area contributed by atoms with Gasteiger partial charge in [0, 0.05) is 12.8 Å². The fourth-order valence-electron chi connectivity index (χ4n) is 6.55. The second-order valence-electron chi connectivity index (χ2n) is 16.3. The molecule has 61 heavy (non-hydrogen) atoms. The first kappa shape index (κ1) is 58.4. The topological polar surface area (TPSA) is 169 Å². The van der Waals surface area contributed by atoms with Gasteiger partial charge >= 0.3 is 19.8 Å². The molecule has 0 saturated heterocycles. The normalized spacial score (nSPS) is 14.0. The third-order valence-corrected chi connectivity index (χ3v) is 11.3. The van der Waals surface area contributed by atoms with E-state index in [1.165, 1.54) is 103 Å². The van der Waals surface area contributed by atoms with E-state index in [2.05, 4.69) is 67.8 Å². The van der Waals surface area contributed by atoms with Crippen molar-refractivity contribution in [1.82, 2.24) is 5.32 Å². The molecule has 0 bridgehead atoms. The highest BCUT2D eigenvalue weighted by atomic mass is 31.2. The lowest BCUT2D eigenvalue weighted by Gasteiger charge is -2.18. The number of rotatable bonds is 45. The van der Waals surface area contributed by atoms with E-state index in [1.54, 1.807) is 0 Å². The van der Waals surface area contributed by atoms with Gasteiger partial charge in [0.05, 0.1) is 13.2 Å². The molecule has 3 atom stereocenters. The molecule has 0 aliphatic carbocycles. The van der Waals surface area contributed by atoms with E-state index in [4.69, 9.17) is 13.8 Å². The zero-order valence-electron chi connectivity index (χ0n) is 38.5. The van der Waals surface area contributed by atoms with E-state index >= 15 is 0 Å². The standard InChI is InChI=1S/C49H88NO10P/c1-3-5-7-9-11-13-15-17-19-21-22-23-24-25-27-29-31-33-35-37-39-41-48(53)58-42-45(51)43-59-61(56,57)60-44-46(49(54)55)50-47(52)40-38-36-34-32-30-28-26-20-18-16-14-12-10-8-6-4-2/h11,13-14,16-17,19-20,26,45-46,51H,3-10,12,15,18,21-25,27-44H2,1-2H3,(H,50,52)(H,54,55)(H,56,57)/b13-11-,16-14-,19-17-,26-20-. The van der Waals surface area contributed by atoms with Crippen molar-refractivity contribution in [3.8, 4) is 0 Å². The number of esters is 1. The molecule has 0 aromatic rings. The van der Waals surface area contributed by atoms with Crippen LogP contribution in [0, 0.1) is 0 Å². The number of aliphatic hydroxyl groups excluding tert-OH is 1.